The zero-order valence-corrected chi connectivity index (χ0v) is 15.3. The van der Waals surface area contributed by atoms with Gasteiger partial charge in [0.25, 0.3) is 0 Å². The van der Waals surface area contributed by atoms with Gasteiger partial charge in [0.15, 0.2) is 5.82 Å². The number of hydrogen-bond donors (Lipinski definition) is 0. The average Bonchev–Trinajstić information content (AvgIpc) is 3.11. The van der Waals surface area contributed by atoms with Crippen LogP contribution >= 0.6 is 0 Å². The first kappa shape index (κ1) is 20.0. The molecule has 148 valence electrons. The molecular weight excluding hydrogens is 387 g/mol. The van der Waals surface area contributed by atoms with Gasteiger partial charge in [0.2, 0.25) is 5.78 Å². The Bertz CT molecular complexity index is 1120. The first-order chi connectivity index (χ1) is 13.8. The molecule has 0 amide bonds. The van der Waals surface area contributed by atoms with E-state index >= 15 is 0 Å². The van der Waals surface area contributed by atoms with Crippen molar-refractivity contribution in [1.29, 1.82) is 0 Å². The SMILES string of the molecule is COC(=O)c1cc(F)cc(F)c1C(=O)C(=Cc1ccc(F)cc1)c1ncnn1C. The quantitative estimate of drug-likeness (QED) is 0.372. The Balaban J connectivity index is 2.23. The number of ether oxygens (including phenoxy) is 1. The summed E-state index contributed by atoms with van der Waals surface area (Å²) >= 11 is 0. The first-order valence-corrected chi connectivity index (χ1v) is 8.25. The number of carbonyl (C=O) groups excluding carboxylic acids is 2. The highest BCUT2D eigenvalue weighted by Crippen LogP contribution is 2.26. The van der Waals surface area contributed by atoms with Crippen molar-refractivity contribution in [3.05, 3.63) is 82.7 Å². The number of carbonyl (C=O) groups is 2. The molecule has 0 radical (unpaired) electrons. The van der Waals surface area contributed by atoms with Crippen LogP contribution in [0.25, 0.3) is 11.6 Å². The second kappa shape index (κ2) is 8.09. The molecule has 0 spiro atoms. The van der Waals surface area contributed by atoms with Crippen molar-refractivity contribution in [1.82, 2.24) is 14.8 Å². The molecule has 2 aromatic carbocycles. The molecule has 29 heavy (non-hydrogen) atoms. The van der Waals surface area contributed by atoms with Crippen molar-refractivity contribution < 1.29 is 27.5 Å². The summed E-state index contributed by atoms with van der Waals surface area (Å²) in [6, 6.07) is 6.38. The molecule has 0 aliphatic rings. The highest BCUT2D eigenvalue weighted by molar-refractivity contribution is 6.33. The van der Waals surface area contributed by atoms with Crippen LogP contribution in [-0.2, 0) is 11.8 Å². The maximum Gasteiger partial charge on any atom is 0.338 e. The Labute approximate surface area is 163 Å². The van der Waals surface area contributed by atoms with E-state index in [1.165, 1.54) is 48.4 Å². The van der Waals surface area contributed by atoms with Crippen LogP contribution in [0.4, 0.5) is 13.2 Å². The van der Waals surface area contributed by atoms with Crippen LogP contribution in [0.1, 0.15) is 32.1 Å². The third kappa shape index (κ3) is 4.08. The summed E-state index contributed by atoms with van der Waals surface area (Å²) in [6.45, 7) is 0. The van der Waals surface area contributed by atoms with E-state index in [0.717, 1.165) is 7.11 Å². The van der Waals surface area contributed by atoms with E-state index in [1.807, 2.05) is 0 Å². The topological polar surface area (TPSA) is 74.1 Å². The van der Waals surface area contributed by atoms with Crippen LogP contribution in [0.3, 0.4) is 0 Å². The number of aryl methyl sites for hydroxylation is 1. The van der Waals surface area contributed by atoms with Gasteiger partial charge < -0.3 is 4.74 Å². The fraction of sp³-hybridized carbons (Fsp3) is 0.100. The minimum atomic E-state index is -1.23. The highest BCUT2D eigenvalue weighted by Gasteiger charge is 2.28. The van der Waals surface area contributed by atoms with Crippen molar-refractivity contribution in [3.8, 4) is 0 Å². The van der Waals surface area contributed by atoms with Gasteiger partial charge in [-0.05, 0) is 29.8 Å². The van der Waals surface area contributed by atoms with E-state index < -0.39 is 40.3 Å². The molecule has 0 saturated heterocycles. The maximum atomic E-state index is 14.6. The average molecular weight is 401 g/mol. The number of aromatic nitrogens is 3. The first-order valence-electron chi connectivity index (χ1n) is 8.25. The molecule has 6 nitrogen and oxygen atoms in total. The lowest BCUT2D eigenvalue weighted by Gasteiger charge is -2.11. The number of hydrogen-bond acceptors (Lipinski definition) is 5. The lowest BCUT2D eigenvalue weighted by atomic mass is 9.95. The Morgan fingerprint density at radius 1 is 1.07 bits per heavy atom. The third-order valence-corrected chi connectivity index (χ3v) is 4.07. The number of halogens is 3. The normalized spacial score (nSPS) is 11.4. The van der Waals surface area contributed by atoms with Gasteiger partial charge in [-0.2, -0.15) is 5.10 Å². The second-order valence-electron chi connectivity index (χ2n) is 5.95. The highest BCUT2D eigenvalue weighted by atomic mass is 19.1. The summed E-state index contributed by atoms with van der Waals surface area (Å²) < 4.78 is 47.2. The lowest BCUT2D eigenvalue weighted by Crippen LogP contribution is -2.16. The predicted molar refractivity (Wildman–Crippen MR) is 97.3 cm³/mol. The Morgan fingerprint density at radius 2 is 1.76 bits per heavy atom. The summed E-state index contributed by atoms with van der Waals surface area (Å²) in [5.74, 6) is -4.70. The molecule has 0 saturated carbocycles. The fourth-order valence-corrected chi connectivity index (χ4v) is 2.71. The molecule has 0 aliphatic heterocycles. The van der Waals surface area contributed by atoms with Gasteiger partial charge in [0.05, 0.1) is 23.8 Å². The molecular formula is C20H14F3N3O3. The van der Waals surface area contributed by atoms with Crippen LogP contribution in [0.15, 0.2) is 42.7 Å². The molecule has 0 N–H and O–H groups in total. The number of nitrogens with zero attached hydrogens (tertiary/aromatic N) is 3. The third-order valence-electron chi connectivity index (χ3n) is 4.07. The van der Waals surface area contributed by atoms with Crippen LogP contribution in [0.2, 0.25) is 0 Å². The molecule has 0 bridgehead atoms. The number of benzene rings is 2. The zero-order chi connectivity index (χ0) is 21.1. The minimum absolute atomic E-state index is 0.0684. The van der Waals surface area contributed by atoms with Crippen LogP contribution in [-0.4, -0.2) is 33.6 Å². The number of Topliss-reactive ketones (excluding diaryl/α,β-unsaturated/α-hetero) is 1. The van der Waals surface area contributed by atoms with E-state index in [-0.39, 0.29) is 11.4 Å². The van der Waals surface area contributed by atoms with Gasteiger partial charge in [-0.3, -0.25) is 4.79 Å². The summed E-state index contributed by atoms with van der Waals surface area (Å²) in [4.78, 5) is 29.3. The molecule has 9 heteroatoms. The molecule has 0 aliphatic carbocycles. The molecule has 1 heterocycles. The van der Waals surface area contributed by atoms with E-state index in [1.54, 1.807) is 0 Å². The Hall–Kier alpha value is -3.75. The fourth-order valence-electron chi connectivity index (χ4n) is 2.71. The predicted octanol–water partition coefficient (Wildman–Crippen LogP) is 3.44. The maximum absolute atomic E-state index is 14.6. The summed E-state index contributed by atoms with van der Waals surface area (Å²) in [7, 11) is 2.54. The zero-order valence-electron chi connectivity index (χ0n) is 15.3. The van der Waals surface area contributed by atoms with Crippen molar-refractivity contribution in [3.63, 3.8) is 0 Å². The lowest BCUT2D eigenvalue weighted by molar-refractivity contribution is 0.0596. The van der Waals surface area contributed by atoms with Crippen LogP contribution < -0.4 is 0 Å². The smallest absolute Gasteiger partial charge is 0.338 e. The van der Waals surface area contributed by atoms with Crippen LogP contribution in [0, 0.1) is 17.5 Å². The Morgan fingerprint density at radius 3 is 2.34 bits per heavy atom. The molecule has 0 fully saturated rings. The van der Waals surface area contributed by atoms with Crippen molar-refractivity contribution in [2.45, 2.75) is 0 Å². The van der Waals surface area contributed by atoms with E-state index in [4.69, 9.17) is 0 Å². The van der Waals surface area contributed by atoms with Gasteiger partial charge in [-0.15, -0.1) is 0 Å². The summed E-state index contributed by atoms with van der Waals surface area (Å²) in [5.41, 5.74) is -0.955. The molecule has 3 rings (SSSR count). The Kier molecular flexibility index (Phi) is 5.58. The second-order valence-corrected chi connectivity index (χ2v) is 5.95. The van der Waals surface area contributed by atoms with E-state index in [0.29, 0.717) is 17.7 Å². The van der Waals surface area contributed by atoms with E-state index in [2.05, 4.69) is 14.8 Å². The van der Waals surface area contributed by atoms with Gasteiger partial charge in [0, 0.05) is 13.1 Å². The van der Waals surface area contributed by atoms with Crippen molar-refractivity contribution >= 4 is 23.4 Å². The number of esters is 1. The van der Waals surface area contributed by atoms with Crippen molar-refractivity contribution in [2.75, 3.05) is 7.11 Å². The molecule has 3 aromatic rings. The molecule has 0 atom stereocenters. The van der Waals surface area contributed by atoms with Crippen LogP contribution in [0.5, 0.6) is 0 Å². The van der Waals surface area contributed by atoms with Gasteiger partial charge >= 0.3 is 5.97 Å². The number of rotatable bonds is 5. The minimum Gasteiger partial charge on any atom is -0.465 e. The van der Waals surface area contributed by atoms with Crippen molar-refractivity contribution in [2.24, 2.45) is 7.05 Å². The molecule has 0 unspecified atom stereocenters. The standard InChI is InChI=1S/C20H14F3N3O3/c1-26-19(24-10-25-26)15(7-11-3-5-12(21)6-4-11)18(27)17-14(20(28)29-2)8-13(22)9-16(17)23/h3-10H,1-2H3. The van der Waals surface area contributed by atoms with Gasteiger partial charge in [0.1, 0.15) is 23.8 Å². The monoisotopic (exact) mass is 401 g/mol. The van der Waals surface area contributed by atoms with Gasteiger partial charge in [-0.1, -0.05) is 12.1 Å². The van der Waals surface area contributed by atoms with E-state index in [9.17, 15) is 22.8 Å². The number of methoxy groups -OCH3 is 1. The van der Waals surface area contributed by atoms with Gasteiger partial charge in [-0.25, -0.2) is 27.6 Å². The number of ketones is 1. The largest absolute Gasteiger partial charge is 0.465 e. The molecule has 1 aromatic heterocycles. The summed E-state index contributed by atoms with van der Waals surface area (Å²) in [6.07, 6.45) is 2.53. The summed E-state index contributed by atoms with van der Waals surface area (Å²) in [5, 5.41) is 3.89. The number of allylic oxidation sites excluding steroid dienone is 1.